The zero-order valence-electron chi connectivity index (χ0n) is 10.2. The predicted molar refractivity (Wildman–Crippen MR) is 58.4 cm³/mol. The van der Waals surface area contributed by atoms with Crippen LogP contribution >= 0.6 is 0 Å². The van der Waals surface area contributed by atoms with Crippen molar-refractivity contribution in [1.29, 1.82) is 0 Å². The van der Waals surface area contributed by atoms with Gasteiger partial charge in [-0.05, 0) is 43.4 Å². The van der Waals surface area contributed by atoms with E-state index in [4.69, 9.17) is 5.11 Å². The van der Waals surface area contributed by atoms with Crippen molar-refractivity contribution in [3.8, 4) is 0 Å². The van der Waals surface area contributed by atoms with Gasteiger partial charge < -0.3 is 10.2 Å². The van der Waals surface area contributed by atoms with E-state index in [9.17, 15) is 18.3 Å². The van der Waals surface area contributed by atoms with Gasteiger partial charge in [0.1, 0.15) is 6.10 Å². The fraction of sp³-hybridized carbons (Fsp3) is 1.00. The highest BCUT2D eigenvalue weighted by molar-refractivity contribution is 4.84. The van der Waals surface area contributed by atoms with Crippen LogP contribution in [-0.4, -0.2) is 28.6 Å². The quantitative estimate of drug-likeness (QED) is 0.813. The summed E-state index contributed by atoms with van der Waals surface area (Å²) in [5, 5.41) is 18.7. The molecule has 0 heterocycles. The zero-order valence-corrected chi connectivity index (χ0v) is 10.2. The molecule has 1 aliphatic carbocycles. The Balaban J connectivity index is 2.56. The van der Waals surface area contributed by atoms with Gasteiger partial charge in [0.15, 0.2) is 0 Å². The molecule has 102 valence electrons. The van der Waals surface area contributed by atoms with Gasteiger partial charge >= 0.3 is 6.18 Å². The molecular formula is C12H21F3O2. The molecule has 0 aromatic carbocycles. The summed E-state index contributed by atoms with van der Waals surface area (Å²) in [6.07, 6.45) is -6.00. The first kappa shape index (κ1) is 14.8. The van der Waals surface area contributed by atoms with E-state index in [1.807, 2.05) is 13.8 Å². The van der Waals surface area contributed by atoms with Crippen molar-refractivity contribution >= 4 is 0 Å². The lowest BCUT2D eigenvalue weighted by Crippen LogP contribution is -2.38. The molecule has 5 heteroatoms. The number of halogens is 3. The predicted octanol–water partition coefficient (Wildman–Crippen LogP) is 2.73. The maximum atomic E-state index is 12.3. The van der Waals surface area contributed by atoms with Crippen molar-refractivity contribution in [1.82, 2.24) is 0 Å². The first-order chi connectivity index (χ1) is 7.71. The van der Waals surface area contributed by atoms with Gasteiger partial charge in [0.2, 0.25) is 0 Å². The van der Waals surface area contributed by atoms with Gasteiger partial charge in [0, 0.05) is 0 Å². The second-order valence-corrected chi connectivity index (χ2v) is 5.44. The van der Waals surface area contributed by atoms with Crippen molar-refractivity contribution < 1.29 is 23.4 Å². The Kier molecular flexibility index (Phi) is 4.84. The molecule has 1 aliphatic rings. The van der Waals surface area contributed by atoms with Gasteiger partial charge in [-0.3, -0.25) is 0 Å². The summed E-state index contributed by atoms with van der Waals surface area (Å²) in [5.74, 6) is 0.324. The van der Waals surface area contributed by atoms with Crippen LogP contribution in [0.3, 0.4) is 0 Å². The van der Waals surface area contributed by atoms with Crippen molar-refractivity contribution in [3.05, 3.63) is 0 Å². The third-order valence-corrected chi connectivity index (χ3v) is 3.83. The van der Waals surface area contributed by atoms with Crippen LogP contribution in [0.25, 0.3) is 0 Å². The number of hydrogen-bond acceptors (Lipinski definition) is 2. The van der Waals surface area contributed by atoms with Crippen LogP contribution in [0, 0.1) is 17.8 Å². The molecule has 2 N–H and O–H groups in total. The second kappa shape index (κ2) is 5.57. The van der Waals surface area contributed by atoms with Crippen LogP contribution in [0.1, 0.15) is 39.5 Å². The molecule has 17 heavy (non-hydrogen) atoms. The Labute approximate surface area is 99.8 Å². The molecule has 1 saturated carbocycles. The zero-order chi connectivity index (χ0) is 13.2. The summed E-state index contributed by atoms with van der Waals surface area (Å²) in [4.78, 5) is 0. The standard InChI is InChI=1S/C12H21F3O2/c1-7(2)8-3-4-10(16)9(5-8)6-11(17)12(13,14)15/h7-11,16-17H,3-6H2,1-2H3. The number of hydrogen-bond donors (Lipinski definition) is 2. The van der Waals surface area contributed by atoms with Crippen LogP contribution in [0.2, 0.25) is 0 Å². The Hall–Kier alpha value is -0.290. The molecule has 0 saturated heterocycles. The third-order valence-electron chi connectivity index (χ3n) is 3.83. The van der Waals surface area contributed by atoms with Gasteiger partial charge in [0.25, 0.3) is 0 Å². The molecule has 0 aromatic rings. The summed E-state index contributed by atoms with van der Waals surface area (Å²) < 4.78 is 36.8. The second-order valence-electron chi connectivity index (χ2n) is 5.44. The molecular weight excluding hydrogens is 233 g/mol. The van der Waals surface area contributed by atoms with Crippen LogP contribution in [0.4, 0.5) is 13.2 Å². The molecule has 0 spiro atoms. The first-order valence-corrected chi connectivity index (χ1v) is 6.14. The SMILES string of the molecule is CC(C)C1CCC(O)C(CC(O)C(F)(F)F)C1. The fourth-order valence-electron chi connectivity index (χ4n) is 2.56. The van der Waals surface area contributed by atoms with Crippen LogP contribution in [-0.2, 0) is 0 Å². The lowest BCUT2D eigenvalue weighted by molar-refractivity contribution is -0.211. The Morgan fingerprint density at radius 3 is 2.29 bits per heavy atom. The maximum absolute atomic E-state index is 12.3. The number of alkyl halides is 3. The molecule has 1 fully saturated rings. The minimum Gasteiger partial charge on any atom is -0.393 e. The topological polar surface area (TPSA) is 40.5 Å². The number of rotatable bonds is 3. The largest absolute Gasteiger partial charge is 0.414 e. The van der Waals surface area contributed by atoms with E-state index < -0.39 is 24.3 Å². The number of aliphatic hydroxyl groups excluding tert-OH is 2. The Morgan fingerprint density at radius 1 is 1.24 bits per heavy atom. The van der Waals surface area contributed by atoms with E-state index in [-0.39, 0.29) is 6.42 Å². The maximum Gasteiger partial charge on any atom is 0.414 e. The summed E-state index contributed by atoms with van der Waals surface area (Å²) in [5.41, 5.74) is 0. The molecule has 0 aromatic heterocycles. The van der Waals surface area contributed by atoms with E-state index in [0.29, 0.717) is 24.7 Å². The normalized spacial score (nSPS) is 32.8. The van der Waals surface area contributed by atoms with Crippen LogP contribution in [0.15, 0.2) is 0 Å². The average molecular weight is 254 g/mol. The Morgan fingerprint density at radius 2 is 1.82 bits per heavy atom. The van der Waals surface area contributed by atoms with Crippen molar-refractivity contribution in [2.75, 3.05) is 0 Å². The van der Waals surface area contributed by atoms with Gasteiger partial charge in [0.05, 0.1) is 6.10 Å². The molecule has 0 aliphatic heterocycles. The molecule has 1 rings (SSSR count). The van der Waals surface area contributed by atoms with Crippen molar-refractivity contribution in [2.24, 2.45) is 17.8 Å². The highest BCUT2D eigenvalue weighted by Crippen LogP contribution is 2.38. The minimum atomic E-state index is -4.58. The van der Waals surface area contributed by atoms with Crippen LogP contribution < -0.4 is 0 Å². The highest BCUT2D eigenvalue weighted by Gasteiger charge is 2.42. The highest BCUT2D eigenvalue weighted by atomic mass is 19.4. The lowest BCUT2D eigenvalue weighted by Gasteiger charge is -2.36. The molecule has 0 amide bonds. The minimum absolute atomic E-state index is 0.351. The lowest BCUT2D eigenvalue weighted by atomic mass is 9.73. The summed E-state index contributed by atoms with van der Waals surface area (Å²) >= 11 is 0. The molecule has 0 bridgehead atoms. The van der Waals surface area contributed by atoms with E-state index >= 15 is 0 Å². The first-order valence-electron chi connectivity index (χ1n) is 6.14. The van der Waals surface area contributed by atoms with Gasteiger partial charge in [-0.25, -0.2) is 0 Å². The molecule has 4 atom stereocenters. The van der Waals surface area contributed by atoms with E-state index in [1.165, 1.54) is 0 Å². The van der Waals surface area contributed by atoms with Gasteiger partial charge in [-0.1, -0.05) is 13.8 Å². The average Bonchev–Trinajstić information content (AvgIpc) is 2.19. The summed E-state index contributed by atoms with van der Waals surface area (Å²) in [6, 6.07) is 0. The van der Waals surface area contributed by atoms with E-state index in [2.05, 4.69) is 0 Å². The summed E-state index contributed by atoms with van der Waals surface area (Å²) in [6.45, 7) is 4.08. The smallest absolute Gasteiger partial charge is 0.393 e. The number of aliphatic hydroxyl groups is 2. The molecule has 0 radical (unpaired) electrons. The fourth-order valence-corrected chi connectivity index (χ4v) is 2.56. The third kappa shape index (κ3) is 4.14. The van der Waals surface area contributed by atoms with E-state index in [0.717, 1.165) is 6.42 Å². The van der Waals surface area contributed by atoms with E-state index in [1.54, 1.807) is 0 Å². The Bertz CT molecular complexity index is 240. The molecule has 4 unspecified atom stereocenters. The summed E-state index contributed by atoms with van der Waals surface area (Å²) in [7, 11) is 0. The van der Waals surface area contributed by atoms with Gasteiger partial charge in [-0.2, -0.15) is 13.2 Å². The molecule has 2 nitrogen and oxygen atoms in total. The van der Waals surface area contributed by atoms with Crippen molar-refractivity contribution in [3.63, 3.8) is 0 Å². The van der Waals surface area contributed by atoms with Crippen molar-refractivity contribution in [2.45, 2.75) is 57.9 Å². The monoisotopic (exact) mass is 254 g/mol. The van der Waals surface area contributed by atoms with Gasteiger partial charge in [-0.15, -0.1) is 0 Å². The van der Waals surface area contributed by atoms with Crippen LogP contribution in [0.5, 0.6) is 0 Å².